The van der Waals surface area contributed by atoms with Gasteiger partial charge < -0.3 is 9.15 Å². The quantitative estimate of drug-likeness (QED) is 0.673. The second-order valence-electron chi connectivity index (χ2n) is 4.73. The van der Waals surface area contributed by atoms with Crippen LogP contribution in [0, 0.1) is 5.82 Å². The van der Waals surface area contributed by atoms with E-state index in [4.69, 9.17) is 9.15 Å². The van der Waals surface area contributed by atoms with E-state index >= 15 is 0 Å². The zero-order chi connectivity index (χ0) is 15.5. The van der Waals surface area contributed by atoms with Crippen molar-refractivity contribution in [2.75, 3.05) is 7.11 Å². The number of benzene rings is 2. The minimum atomic E-state index is -0.380. The van der Waals surface area contributed by atoms with Crippen molar-refractivity contribution in [2.45, 2.75) is 0 Å². The third-order valence-corrected chi connectivity index (χ3v) is 3.31. The largest absolute Gasteiger partial charge is 0.497 e. The highest BCUT2D eigenvalue weighted by molar-refractivity contribution is 6.07. The Morgan fingerprint density at radius 3 is 2.27 bits per heavy atom. The maximum absolute atomic E-state index is 12.9. The second kappa shape index (κ2) is 5.85. The van der Waals surface area contributed by atoms with Crippen LogP contribution in [-0.4, -0.2) is 12.9 Å². The lowest BCUT2D eigenvalue weighted by atomic mass is 10.1. The summed E-state index contributed by atoms with van der Waals surface area (Å²) in [7, 11) is 1.60. The Balaban J connectivity index is 1.86. The molecule has 110 valence electrons. The molecule has 1 aromatic heterocycles. The van der Waals surface area contributed by atoms with Gasteiger partial charge in [-0.25, -0.2) is 4.39 Å². The van der Waals surface area contributed by atoms with Crippen molar-refractivity contribution in [3.8, 4) is 17.1 Å². The summed E-state index contributed by atoms with van der Waals surface area (Å²) in [5.41, 5.74) is 1.23. The Kier molecular flexibility index (Phi) is 3.74. The third kappa shape index (κ3) is 2.76. The smallest absolute Gasteiger partial charge is 0.228 e. The minimum absolute atomic E-state index is 0.220. The topological polar surface area (TPSA) is 39.4 Å². The Hall–Kier alpha value is -2.88. The first-order valence-electron chi connectivity index (χ1n) is 6.72. The number of methoxy groups -OCH3 is 1. The summed E-state index contributed by atoms with van der Waals surface area (Å²) >= 11 is 0. The first-order valence-corrected chi connectivity index (χ1v) is 6.72. The van der Waals surface area contributed by atoms with E-state index in [1.165, 1.54) is 24.3 Å². The zero-order valence-electron chi connectivity index (χ0n) is 11.9. The molecule has 0 aliphatic heterocycles. The number of halogens is 1. The van der Waals surface area contributed by atoms with Crippen LogP contribution in [0.15, 0.2) is 65.1 Å². The molecule has 0 radical (unpaired) electrons. The maximum atomic E-state index is 12.9. The van der Waals surface area contributed by atoms with Gasteiger partial charge in [-0.3, -0.25) is 4.79 Å². The second-order valence-corrected chi connectivity index (χ2v) is 4.73. The van der Waals surface area contributed by atoms with E-state index in [2.05, 4.69) is 0 Å². The molecule has 3 rings (SSSR count). The molecule has 0 aliphatic rings. The average molecular weight is 296 g/mol. The molecule has 3 aromatic rings. The molecule has 3 nitrogen and oxygen atoms in total. The molecule has 0 N–H and O–H groups in total. The molecule has 0 amide bonds. The lowest BCUT2D eigenvalue weighted by Gasteiger charge is -2.01. The van der Waals surface area contributed by atoms with E-state index < -0.39 is 0 Å². The summed E-state index contributed by atoms with van der Waals surface area (Å²) < 4.78 is 23.6. The number of rotatable bonds is 4. The first kappa shape index (κ1) is 14.1. The monoisotopic (exact) mass is 296 g/mol. The number of furan rings is 1. The van der Waals surface area contributed by atoms with E-state index in [1.807, 2.05) is 24.3 Å². The number of ether oxygens (including phenoxy) is 1. The SMILES string of the molecule is COc1ccc(-c2ccc(C(=O)c3ccc(F)cc3)o2)cc1. The van der Waals surface area contributed by atoms with Crippen LogP contribution >= 0.6 is 0 Å². The standard InChI is InChI=1S/C18H13FO3/c1-21-15-8-4-12(5-9-15)16-10-11-17(22-16)18(20)13-2-6-14(19)7-3-13/h2-11H,1H3. The van der Waals surface area contributed by atoms with Crippen molar-refractivity contribution in [1.82, 2.24) is 0 Å². The van der Waals surface area contributed by atoms with E-state index in [9.17, 15) is 9.18 Å². The molecule has 0 spiro atoms. The molecule has 0 fully saturated rings. The van der Waals surface area contributed by atoms with Gasteiger partial charge >= 0.3 is 0 Å². The molecule has 0 bridgehead atoms. The van der Waals surface area contributed by atoms with Gasteiger partial charge in [-0.2, -0.15) is 0 Å². The molecule has 1 heterocycles. The average Bonchev–Trinajstić information content (AvgIpc) is 3.05. The van der Waals surface area contributed by atoms with Gasteiger partial charge in [0.1, 0.15) is 17.3 Å². The predicted octanol–water partition coefficient (Wildman–Crippen LogP) is 4.33. The molecule has 0 saturated carbocycles. The van der Waals surface area contributed by atoms with Gasteiger partial charge in [0.15, 0.2) is 5.76 Å². The van der Waals surface area contributed by atoms with E-state index in [0.717, 1.165) is 11.3 Å². The summed E-state index contributed by atoms with van der Waals surface area (Å²) in [4.78, 5) is 12.3. The van der Waals surface area contributed by atoms with Gasteiger partial charge in [0.2, 0.25) is 5.78 Å². The molecular weight excluding hydrogens is 283 g/mol. The van der Waals surface area contributed by atoms with Crippen molar-refractivity contribution in [3.05, 3.63) is 77.8 Å². The van der Waals surface area contributed by atoms with Gasteiger partial charge in [0.05, 0.1) is 7.11 Å². The zero-order valence-corrected chi connectivity index (χ0v) is 11.9. The van der Waals surface area contributed by atoms with E-state index in [-0.39, 0.29) is 17.4 Å². The molecule has 2 aromatic carbocycles. The van der Waals surface area contributed by atoms with Gasteiger partial charge in [-0.15, -0.1) is 0 Å². The fraction of sp³-hybridized carbons (Fsp3) is 0.0556. The van der Waals surface area contributed by atoms with Crippen molar-refractivity contribution in [2.24, 2.45) is 0 Å². The number of carbonyl (C=O) groups is 1. The van der Waals surface area contributed by atoms with Gasteiger partial charge in [-0.05, 0) is 60.7 Å². The Labute approximate surface area is 127 Å². The van der Waals surface area contributed by atoms with Crippen LogP contribution in [0.5, 0.6) is 5.75 Å². The molecular formula is C18H13FO3. The van der Waals surface area contributed by atoms with Gasteiger partial charge in [0, 0.05) is 11.1 Å². The van der Waals surface area contributed by atoms with Crippen LogP contribution in [0.1, 0.15) is 16.1 Å². The third-order valence-electron chi connectivity index (χ3n) is 3.31. The van der Waals surface area contributed by atoms with Crippen LogP contribution in [0.4, 0.5) is 4.39 Å². The summed E-state index contributed by atoms with van der Waals surface area (Å²) in [6.45, 7) is 0. The van der Waals surface area contributed by atoms with Crippen LogP contribution in [-0.2, 0) is 0 Å². The highest BCUT2D eigenvalue weighted by Gasteiger charge is 2.14. The lowest BCUT2D eigenvalue weighted by Crippen LogP contribution is -1.99. The summed E-state index contributed by atoms with van der Waals surface area (Å²) in [5, 5.41) is 0. The summed E-state index contributed by atoms with van der Waals surface area (Å²) in [5.74, 6) is 0.901. The molecule has 0 unspecified atom stereocenters. The molecule has 0 atom stereocenters. The van der Waals surface area contributed by atoms with Crippen LogP contribution < -0.4 is 4.74 Å². The maximum Gasteiger partial charge on any atom is 0.228 e. The van der Waals surface area contributed by atoms with Crippen LogP contribution in [0.25, 0.3) is 11.3 Å². The summed E-state index contributed by atoms with van der Waals surface area (Å²) in [6.07, 6.45) is 0. The molecule has 22 heavy (non-hydrogen) atoms. The van der Waals surface area contributed by atoms with Crippen molar-refractivity contribution >= 4 is 5.78 Å². The lowest BCUT2D eigenvalue weighted by molar-refractivity contribution is 0.101. The highest BCUT2D eigenvalue weighted by Crippen LogP contribution is 2.25. The van der Waals surface area contributed by atoms with Crippen LogP contribution in [0.3, 0.4) is 0 Å². The number of hydrogen-bond donors (Lipinski definition) is 0. The van der Waals surface area contributed by atoms with Crippen LogP contribution in [0.2, 0.25) is 0 Å². The fourth-order valence-corrected chi connectivity index (χ4v) is 2.11. The number of carbonyl (C=O) groups excluding carboxylic acids is 1. The highest BCUT2D eigenvalue weighted by atomic mass is 19.1. The van der Waals surface area contributed by atoms with Gasteiger partial charge in [0.25, 0.3) is 0 Å². The predicted molar refractivity (Wildman–Crippen MR) is 80.5 cm³/mol. The van der Waals surface area contributed by atoms with Crippen molar-refractivity contribution < 1.29 is 18.3 Å². The normalized spacial score (nSPS) is 10.5. The molecule has 0 aliphatic carbocycles. The Morgan fingerprint density at radius 2 is 1.64 bits per heavy atom. The Morgan fingerprint density at radius 1 is 0.955 bits per heavy atom. The van der Waals surface area contributed by atoms with E-state index in [1.54, 1.807) is 19.2 Å². The van der Waals surface area contributed by atoms with Crippen molar-refractivity contribution in [3.63, 3.8) is 0 Å². The van der Waals surface area contributed by atoms with Crippen molar-refractivity contribution in [1.29, 1.82) is 0 Å². The molecule has 0 saturated heterocycles. The fourth-order valence-electron chi connectivity index (χ4n) is 2.11. The minimum Gasteiger partial charge on any atom is -0.497 e. The van der Waals surface area contributed by atoms with Gasteiger partial charge in [-0.1, -0.05) is 0 Å². The van der Waals surface area contributed by atoms with E-state index in [0.29, 0.717) is 11.3 Å². The Bertz CT molecular complexity index is 786. The molecule has 4 heteroatoms. The number of hydrogen-bond acceptors (Lipinski definition) is 3. The number of ketones is 1. The first-order chi connectivity index (χ1) is 10.7. The summed E-state index contributed by atoms with van der Waals surface area (Å²) in [6, 6.07) is 16.1.